The molecular weight excluding hydrogens is 693 g/mol. The van der Waals surface area contributed by atoms with Crippen molar-refractivity contribution in [3.8, 4) is 28.2 Å². The molecule has 2 aromatic rings. The molecule has 7 nitrogen and oxygen atoms in total. The number of methoxy groups -OCH3 is 1. The van der Waals surface area contributed by atoms with Crippen LogP contribution in [0.1, 0.15) is 129 Å². The van der Waals surface area contributed by atoms with Crippen LogP contribution in [0.2, 0.25) is 0 Å². The van der Waals surface area contributed by atoms with Gasteiger partial charge in [-0.25, -0.2) is 4.58 Å². The van der Waals surface area contributed by atoms with Crippen molar-refractivity contribution in [1.29, 1.82) is 0 Å². The number of anilines is 3. The molecule has 0 N–H and O–H groups in total. The molecule has 308 valence electrons. The summed E-state index contributed by atoms with van der Waals surface area (Å²) < 4.78 is 14.9. The highest BCUT2D eigenvalue weighted by atomic mass is 16.5. The van der Waals surface area contributed by atoms with Crippen LogP contribution >= 0.6 is 0 Å². The molecule has 0 saturated heterocycles. The van der Waals surface area contributed by atoms with Crippen molar-refractivity contribution in [2.75, 3.05) is 77.2 Å². The molecule has 1 heterocycles. The highest BCUT2D eigenvalue weighted by molar-refractivity contribution is 6.05. The van der Waals surface area contributed by atoms with Crippen molar-refractivity contribution in [3.05, 3.63) is 53.9 Å². The Morgan fingerprint density at radius 2 is 1.27 bits per heavy atom. The van der Waals surface area contributed by atoms with Gasteiger partial charge in [0.1, 0.15) is 37.0 Å². The maximum atomic E-state index is 12.9. The number of hydrogen-bond acceptors (Lipinski definition) is 6. The molecule has 0 unspecified atom stereocenters. The third-order valence-corrected chi connectivity index (χ3v) is 11.4. The Kier molecular flexibility index (Phi) is 18.6. The van der Waals surface area contributed by atoms with Gasteiger partial charge in [0.2, 0.25) is 5.36 Å². The lowest BCUT2D eigenvalue weighted by atomic mass is 9.92. The quantitative estimate of drug-likeness (QED) is 0.0360. The number of nitrogens with zero attached hydrogens (tertiary/aromatic N) is 4. The minimum absolute atomic E-state index is 0.402. The van der Waals surface area contributed by atoms with Crippen LogP contribution in [0.5, 0.6) is 5.75 Å². The van der Waals surface area contributed by atoms with E-state index in [0.29, 0.717) is 18.6 Å². The lowest BCUT2D eigenvalue weighted by Gasteiger charge is -2.30. The van der Waals surface area contributed by atoms with Gasteiger partial charge in [-0.3, -0.25) is 4.79 Å². The van der Waals surface area contributed by atoms with Crippen LogP contribution in [0.3, 0.4) is 0 Å². The number of unbranched alkanes of at least 4 members (excludes halogenated alkanes) is 14. The highest BCUT2D eigenvalue weighted by Gasteiger charge is 2.24. The summed E-state index contributed by atoms with van der Waals surface area (Å²) in [4.78, 5) is 19.6. The number of ether oxygens (including phenoxy) is 1. The lowest BCUT2D eigenvalue weighted by Crippen LogP contribution is -2.27. The van der Waals surface area contributed by atoms with Crippen LogP contribution in [-0.4, -0.2) is 68.3 Å². The maximum absolute atomic E-state index is 12.9. The number of Topliss-reactive ketones (excluding diaryl/α,β-unsaturated/α-hetero) is 1. The van der Waals surface area contributed by atoms with Gasteiger partial charge in [0.25, 0.3) is 0 Å². The van der Waals surface area contributed by atoms with Gasteiger partial charge in [-0.2, -0.15) is 0 Å². The number of carbonyl (C=O) groups excluding carboxylic acids is 1. The highest BCUT2D eigenvalue weighted by Crippen LogP contribution is 2.47. The molecule has 0 fully saturated rings. The number of fused-ring (bicyclic) bond motifs is 2. The molecule has 1 aliphatic heterocycles. The fourth-order valence-corrected chi connectivity index (χ4v) is 7.98. The van der Waals surface area contributed by atoms with E-state index in [4.69, 9.17) is 9.15 Å². The van der Waals surface area contributed by atoms with Crippen LogP contribution < -0.4 is 29.4 Å². The second kappa shape index (κ2) is 23.3. The zero-order valence-corrected chi connectivity index (χ0v) is 36.8. The summed E-state index contributed by atoms with van der Waals surface area (Å²) in [5.74, 6) is 2.05. The van der Waals surface area contributed by atoms with Crippen molar-refractivity contribution in [1.82, 2.24) is 4.58 Å². The first kappa shape index (κ1) is 44.7. The second-order valence-corrected chi connectivity index (χ2v) is 16.5. The molecular formula is C49H75N4O3+. The molecule has 7 heteroatoms. The van der Waals surface area contributed by atoms with Crippen molar-refractivity contribution in [2.45, 2.75) is 129 Å². The molecule has 2 aromatic carbocycles. The van der Waals surface area contributed by atoms with Crippen molar-refractivity contribution in [3.63, 3.8) is 0 Å². The SMILES string of the molecule is CCCCCCCCCCCCCCCCCC(=O)CCCN(CC)c1cc(OC)c(-c2c3ccc(=[N+](C)C)cc-3oc3cc(N(C)C)ccc23)cc1N(C)C. The van der Waals surface area contributed by atoms with Crippen LogP contribution in [0.15, 0.2) is 52.9 Å². The summed E-state index contributed by atoms with van der Waals surface area (Å²) in [6.45, 7) is 6.14. The molecule has 0 amide bonds. The van der Waals surface area contributed by atoms with E-state index in [1.807, 2.05) is 0 Å². The largest absolute Gasteiger partial charge is 0.496 e. The van der Waals surface area contributed by atoms with Gasteiger partial charge in [-0.15, -0.1) is 0 Å². The Morgan fingerprint density at radius 1 is 0.661 bits per heavy atom. The molecule has 4 rings (SSSR count). The summed E-state index contributed by atoms with van der Waals surface area (Å²) in [6.07, 6.45) is 22.3. The normalized spacial score (nSPS) is 11.4. The smallest absolute Gasteiger partial charge is 0.203 e. The first-order valence-electron chi connectivity index (χ1n) is 21.9. The van der Waals surface area contributed by atoms with E-state index in [1.165, 1.54) is 89.9 Å². The standard InChI is InChI=1S/C49H75N4O3/c1-10-12-13-14-15-16-17-18-19-20-21-22-23-24-25-27-40(54)28-26-33-53(11-2)45-37-46(55-9)43(36-44(45)52(7)8)49-41-31-29-38(50(3)4)34-47(41)56-48-35-39(51(5)6)30-32-42(48)49/h29-32,34-37H,10-28,33H2,1-9H3/q+1. The van der Waals surface area contributed by atoms with E-state index in [9.17, 15) is 4.79 Å². The summed E-state index contributed by atoms with van der Waals surface area (Å²) in [5, 5.41) is 2.12. The molecule has 0 saturated carbocycles. The summed E-state index contributed by atoms with van der Waals surface area (Å²) in [5.41, 5.74) is 7.30. The van der Waals surface area contributed by atoms with Crippen LogP contribution in [-0.2, 0) is 4.79 Å². The monoisotopic (exact) mass is 768 g/mol. The van der Waals surface area contributed by atoms with E-state index >= 15 is 0 Å². The van der Waals surface area contributed by atoms with Crippen molar-refractivity contribution in [2.24, 2.45) is 0 Å². The third-order valence-electron chi connectivity index (χ3n) is 11.4. The first-order valence-corrected chi connectivity index (χ1v) is 21.9. The average Bonchev–Trinajstić information content (AvgIpc) is 3.19. The minimum atomic E-state index is 0.402. The summed E-state index contributed by atoms with van der Waals surface area (Å²) in [6, 6.07) is 17.3. The molecule has 2 aliphatic rings. The van der Waals surface area contributed by atoms with Crippen LogP contribution in [0.4, 0.5) is 17.1 Å². The van der Waals surface area contributed by atoms with E-state index in [1.54, 1.807) is 7.11 Å². The van der Waals surface area contributed by atoms with Crippen molar-refractivity contribution >= 4 is 33.8 Å². The Balaban J connectivity index is 1.38. The number of rotatable bonds is 26. The Morgan fingerprint density at radius 3 is 1.82 bits per heavy atom. The average molecular weight is 768 g/mol. The molecule has 0 bridgehead atoms. The molecule has 0 aromatic heterocycles. The van der Waals surface area contributed by atoms with Gasteiger partial charge in [-0.05, 0) is 44.0 Å². The Hall–Kier alpha value is -4.00. The first-order chi connectivity index (χ1) is 27.1. The van der Waals surface area contributed by atoms with Gasteiger partial charge < -0.3 is 23.9 Å². The zero-order valence-electron chi connectivity index (χ0n) is 36.8. The molecule has 0 spiro atoms. The molecule has 0 radical (unpaired) electrons. The molecule has 1 aliphatic carbocycles. The van der Waals surface area contributed by atoms with Crippen LogP contribution in [0.25, 0.3) is 33.4 Å². The number of ketones is 1. The third kappa shape index (κ3) is 12.8. The number of carbonyl (C=O) groups is 1. The second-order valence-electron chi connectivity index (χ2n) is 16.5. The van der Waals surface area contributed by atoms with E-state index in [2.05, 4.69) is 124 Å². The predicted molar refractivity (Wildman–Crippen MR) is 242 cm³/mol. The fourth-order valence-electron chi connectivity index (χ4n) is 7.98. The van der Waals surface area contributed by atoms with Crippen molar-refractivity contribution < 1.29 is 13.9 Å². The summed E-state index contributed by atoms with van der Waals surface area (Å²) in [7, 11) is 14.2. The molecule has 0 atom stereocenters. The van der Waals surface area contributed by atoms with E-state index in [0.717, 1.165) is 87.5 Å². The zero-order chi connectivity index (χ0) is 40.5. The maximum Gasteiger partial charge on any atom is 0.203 e. The predicted octanol–water partition coefficient (Wildman–Crippen LogP) is 11.8. The summed E-state index contributed by atoms with van der Waals surface area (Å²) >= 11 is 0. The number of benzene rings is 3. The number of hydrogen-bond donors (Lipinski definition) is 0. The fraction of sp³-hybridized carbons (Fsp3) is 0.592. The van der Waals surface area contributed by atoms with Crippen LogP contribution in [0, 0.1) is 0 Å². The van der Waals surface area contributed by atoms with E-state index in [-0.39, 0.29) is 0 Å². The molecule has 56 heavy (non-hydrogen) atoms. The van der Waals surface area contributed by atoms with Gasteiger partial charge in [0, 0.05) is 100 Å². The lowest BCUT2D eigenvalue weighted by molar-refractivity contribution is -0.119. The topological polar surface area (TPSA) is 52.2 Å². The van der Waals surface area contributed by atoms with Gasteiger partial charge in [0.05, 0.1) is 24.6 Å². The van der Waals surface area contributed by atoms with E-state index < -0.39 is 0 Å². The Labute approximate surface area is 340 Å². The minimum Gasteiger partial charge on any atom is -0.496 e. The van der Waals surface area contributed by atoms with Gasteiger partial charge in [-0.1, -0.05) is 96.8 Å². The Bertz CT molecular complexity index is 1840. The van der Waals surface area contributed by atoms with Gasteiger partial charge >= 0.3 is 0 Å². The van der Waals surface area contributed by atoms with Gasteiger partial charge in [0.15, 0.2) is 0 Å².